The molecule has 0 aromatic heterocycles. The summed E-state index contributed by atoms with van der Waals surface area (Å²) in [6.45, 7) is 4.06. The van der Waals surface area contributed by atoms with Gasteiger partial charge in [0.15, 0.2) is 11.9 Å². The number of carboxylic acid groups (broad SMARTS) is 1. The molecule has 4 rings (SSSR count). The molecule has 216 valence electrons. The van der Waals surface area contributed by atoms with Crippen LogP contribution in [0.15, 0.2) is 48.1 Å². The van der Waals surface area contributed by atoms with E-state index in [1.54, 1.807) is 12.2 Å². The number of rotatable bonds is 1. The van der Waals surface area contributed by atoms with E-state index >= 15 is 0 Å². The molecule has 0 spiro atoms. The number of cyclic esters (lactones) is 1. The summed E-state index contributed by atoms with van der Waals surface area (Å²) in [5.41, 5.74) is 0.977. The highest BCUT2D eigenvalue weighted by Gasteiger charge is 2.61. The summed E-state index contributed by atoms with van der Waals surface area (Å²) in [4.78, 5) is 24.2. The summed E-state index contributed by atoms with van der Waals surface area (Å²) in [7, 11) is 0. The molecule has 39 heavy (non-hydrogen) atoms. The average Bonchev–Trinajstić information content (AvgIpc) is 3.77. The molecule has 0 aromatic carbocycles. The molecule has 11 nitrogen and oxygen atoms in total. The van der Waals surface area contributed by atoms with E-state index in [0.717, 1.165) is 5.57 Å². The van der Waals surface area contributed by atoms with Gasteiger partial charge in [0.2, 0.25) is 0 Å². The Morgan fingerprint density at radius 1 is 1.08 bits per heavy atom. The van der Waals surface area contributed by atoms with Crippen LogP contribution in [0.4, 0.5) is 0 Å². The van der Waals surface area contributed by atoms with Crippen LogP contribution in [-0.2, 0) is 28.5 Å². The summed E-state index contributed by atoms with van der Waals surface area (Å²) >= 11 is 0. The number of hydrogen-bond acceptors (Lipinski definition) is 10. The minimum atomic E-state index is -2.37. The number of aliphatic hydroxyl groups is 4. The van der Waals surface area contributed by atoms with Gasteiger partial charge in [-0.05, 0) is 19.8 Å². The number of esters is 1. The van der Waals surface area contributed by atoms with Crippen LogP contribution in [0, 0.1) is 11.8 Å². The Balaban J connectivity index is 1.48. The van der Waals surface area contributed by atoms with Crippen molar-refractivity contribution >= 4 is 11.9 Å². The first-order chi connectivity index (χ1) is 18.5. The number of aliphatic hydroxyl groups excluding tert-OH is 3. The fourth-order valence-corrected chi connectivity index (χ4v) is 5.13. The Morgan fingerprint density at radius 2 is 1.85 bits per heavy atom. The first-order valence-electron chi connectivity index (χ1n) is 13.3. The highest BCUT2D eigenvalue weighted by Crippen LogP contribution is 2.43. The number of carbonyl (C=O) groups excluding carboxylic acids is 1. The van der Waals surface area contributed by atoms with Crippen molar-refractivity contribution < 1.29 is 54.1 Å². The molecule has 11 atom stereocenters. The smallest absolute Gasteiger partial charge is 0.338 e. The number of aliphatic carboxylic acids is 1. The van der Waals surface area contributed by atoms with Crippen molar-refractivity contribution in [3.8, 4) is 0 Å². The van der Waals surface area contributed by atoms with Crippen LogP contribution >= 0.6 is 0 Å². The Bertz CT molecular complexity index is 1020. The molecule has 0 aliphatic carbocycles. The van der Waals surface area contributed by atoms with Crippen LogP contribution in [0.1, 0.15) is 39.5 Å². The van der Waals surface area contributed by atoms with Crippen molar-refractivity contribution in [2.45, 2.75) is 94.1 Å². The van der Waals surface area contributed by atoms with Crippen LogP contribution in [0.25, 0.3) is 0 Å². The van der Waals surface area contributed by atoms with E-state index < -0.39 is 78.9 Å². The Morgan fingerprint density at radius 3 is 2.59 bits per heavy atom. The molecule has 4 aliphatic heterocycles. The Hall–Kier alpha value is -2.38. The van der Waals surface area contributed by atoms with Gasteiger partial charge >= 0.3 is 11.9 Å². The standard InChI is InChI=1S/C28H38O11/c1-15-8-5-3-4-6-11-18-20(26(32)33)21(30)25(31)28(35,39-18)13-17(29)12-19-22(37-19)23-24(38-23)27(34)36-14-16(2)10-7-9-15/h3-5,7-10,16-25,29-31,35H,6,11-14H2,1-2H3,(H,32,33). The second-order valence-corrected chi connectivity index (χ2v) is 10.8. The topological polar surface area (TPSA) is 179 Å². The number of carbonyl (C=O) groups is 2. The molecule has 4 heterocycles. The van der Waals surface area contributed by atoms with Crippen molar-refractivity contribution in [3.05, 3.63) is 48.1 Å². The quantitative estimate of drug-likeness (QED) is 0.230. The third-order valence-electron chi connectivity index (χ3n) is 7.44. The summed E-state index contributed by atoms with van der Waals surface area (Å²) in [5.74, 6) is -5.67. The zero-order valence-electron chi connectivity index (χ0n) is 22.0. The lowest BCUT2D eigenvalue weighted by molar-refractivity contribution is -0.343. The average molecular weight is 551 g/mol. The van der Waals surface area contributed by atoms with Crippen LogP contribution in [0.3, 0.4) is 0 Å². The third-order valence-corrected chi connectivity index (χ3v) is 7.44. The maximum Gasteiger partial charge on any atom is 0.338 e. The predicted molar refractivity (Wildman–Crippen MR) is 136 cm³/mol. The van der Waals surface area contributed by atoms with Crippen molar-refractivity contribution in [1.82, 2.24) is 0 Å². The summed E-state index contributed by atoms with van der Waals surface area (Å²) in [6, 6.07) is 0. The molecule has 2 bridgehead atoms. The van der Waals surface area contributed by atoms with Crippen LogP contribution in [0.5, 0.6) is 0 Å². The van der Waals surface area contributed by atoms with Crippen LogP contribution in [0.2, 0.25) is 0 Å². The van der Waals surface area contributed by atoms with Gasteiger partial charge in [0.1, 0.15) is 30.3 Å². The lowest BCUT2D eigenvalue weighted by Crippen LogP contribution is -2.64. The molecule has 0 aromatic rings. The molecule has 5 N–H and O–H groups in total. The monoisotopic (exact) mass is 550 g/mol. The third kappa shape index (κ3) is 7.43. The molecule has 3 saturated heterocycles. The zero-order chi connectivity index (χ0) is 28.3. The number of ether oxygens (including phenoxy) is 4. The van der Waals surface area contributed by atoms with E-state index in [1.165, 1.54) is 0 Å². The minimum absolute atomic E-state index is 0.000611. The molecule has 11 unspecified atom stereocenters. The van der Waals surface area contributed by atoms with Gasteiger partial charge in [0, 0.05) is 18.8 Å². The number of hydrogen-bond donors (Lipinski definition) is 5. The number of fused-ring (bicyclic) bond motifs is 5. The number of epoxide rings is 2. The van der Waals surface area contributed by atoms with Gasteiger partial charge in [-0.1, -0.05) is 55.0 Å². The van der Waals surface area contributed by atoms with Gasteiger partial charge < -0.3 is 44.5 Å². The Kier molecular flexibility index (Phi) is 9.43. The highest BCUT2D eigenvalue weighted by molar-refractivity contribution is 5.78. The normalized spacial score (nSPS) is 43.7. The summed E-state index contributed by atoms with van der Waals surface area (Å²) in [6.07, 6.45) is 5.00. The molecule has 11 heteroatoms. The van der Waals surface area contributed by atoms with E-state index in [2.05, 4.69) is 0 Å². The lowest BCUT2D eigenvalue weighted by Gasteiger charge is -2.47. The molecule has 0 radical (unpaired) electrons. The molecule has 4 aliphatic rings. The van der Waals surface area contributed by atoms with Gasteiger partial charge in [0.25, 0.3) is 0 Å². The van der Waals surface area contributed by atoms with Crippen molar-refractivity contribution in [2.24, 2.45) is 11.8 Å². The van der Waals surface area contributed by atoms with E-state index in [4.69, 9.17) is 18.9 Å². The zero-order valence-corrected chi connectivity index (χ0v) is 22.0. The van der Waals surface area contributed by atoms with Gasteiger partial charge in [0.05, 0.1) is 24.9 Å². The van der Waals surface area contributed by atoms with Gasteiger partial charge in [-0.25, -0.2) is 4.79 Å². The van der Waals surface area contributed by atoms with E-state index in [-0.39, 0.29) is 25.4 Å². The second-order valence-electron chi connectivity index (χ2n) is 10.8. The van der Waals surface area contributed by atoms with Crippen LogP contribution in [-0.4, -0.2) is 98.7 Å². The van der Waals surface area contributed by atoms with Gasteiger partial charge in [-0.2, -0.15) is 0 Å². The molecular weight excluding hydrogens is 512 g/mol. The molecule has 3 fully saturated rings. The maximum atomic E-state index is 12.3. The van der Waals surface area contributed by atoms with Gasteiger partial charge in [-0.15, -0.1) is 0 Å². The molecular formula is C28H38O11. The van der Waals surface area contributed by atoms with E-state index in [1.807, 2.05) is 44.2 Å². The van der Waals surface area contributed by atoms with E-state index in [0.29, 0.717) is 6.42 Å². The maximum absolute atomic E-state index is 12.3. The largest absolute Gasteiger partial charge is 0.481 e. The predicted octanol–water partition coefficient (Wildman–Crippen LogP) is 0.760. The first kappa shape index (κ1) is 29.6. The van der Waals surface area contributed by atoms with Gasteiger partial charge in [-0.3, -0.25) is 4.79 Å². The molecule has 0 saturated carbocycles. The summed E-state index contributed by atoms with van der Waals surface area (Å²) in [5, 5.41) is 52.5. The van der Waals surface area contributed by atoms with E-state index in [9.17, 15) is 35.1 Å². The molecule has 0 amide bonds. The minimum Gasteiger partial charge on any atom is -0.481 e. The fraction of sp³-hybridized carbons (Fsp3) is 0.643. The highest BCUT2D eigenvalue weighted by atomic mass is 16.7. The summed E-state index contributed by atoms with van der Waals surface area (Å²) < 4.78 is 22.0. The Labute approximate surface area is 227 Å². The fourth-order valence-electron chi connectivity index (χ4n) is 5.13. The van der Waals surface area contributed by atoms with Crippen molar-refractivity contribution in [1.29, 1.82) is 0 Å². The van der Waals surface area contributed by atoms with Crippen molar-refractivity contribution in [2.75, 3.05) is 6.61 Å². The van der Waals surface area contributed by atoms with Crippen LogP contribution < -0.4 is 0 Å². The second kappa shape index (κ2) is 12.4. The number of carboxylic acids is 1. The number of allylic oxidation sites excluding steroid dienone is 7. The first-order valence-corrected chi connectivity index (χ1v) is 13.3. The lowest BCUT2D eigenvalue weighted by atomic mass is 9.81. The van der Waals surface area contributed by atoms with Crippen molar-refractivity contribution in [3.63, 3.8) is 0 Å². The SMILES string of the molecule is CC1=CC=CC(C)COC(=O)C2OC2C2OC2CC(O)CC2(O)OC(CCC=CC=C1)C(C(=O)O)C(O)C2O.